The monoisotopic (exact) mass is 425 g/mol. The Morgan fingerprint density at radius 2 is 1.92 bits per heavy atom. The number of anilines is 1. The third kappa shape index (κ3) is 4.27. The molecule has 2 aromatic rings. The van der Waals surface area contributed by atoms with E-state index in [0.29, 0.717) is 16.4 Å². The van der Waals surface area contributed by atoms with Crippen molar-refractivity contribution in [2.75, 3.05) is 5.32 Å². The van der Waals surface area contributed by atoms with E-state index >= 15 is 0 Å². The van der Waals surface area contributed by atoms with Crippen LogP contribution in [0.25, 0.3) is 0 Å². The molecule has 0 bridgehead atoms. The van der Waals surface area contributed by atoms with Crippen LogP contribution in [-0.2, 0) is 17.5 Å². The number of amides is 1. The second-order valence-electron chi connectivity index (χ2n) is 5.97. The largest absolute Gasteiger partial charge is 0.436 e. The maximum atomic E-state index is 13.0. The molecule has 1 amide bonds. The molecule has 10 heteroatoms. The number of alkyl halides is 3. The first kappa shape index (κ1) is 19.3. The molecule has 4 nitrogen and oxygen atoms in total. The Bertz CT molecular complexity index is 847. The number of carbonyl (C=O) groups is 1. The standard InChI is InChI=1S/C16H13Cl3F3N3O/c17-10-4-3-9(7-11(10)18)23-12(26)5-6-25-14(8-1-2-8)13(19)15(24-25)16(20,21)22/h3-4,7-8H,1-2,5-6H2,(H,23,26). The van der Waals surface area contributed by atoms with Crippen LogP contribution in [0.2, 0.25) is 15.1 Å². The summed E-state index contributed by atoms with van der Waals surface area (Å²) in [6, 6.07) is 4.60. The molecule has 1 heterocycles. The van der Waals surface area contributed by atoms with Gasteiger partial charge in [0.2, 0.25) is 5.91 Å². The van der Waals surface area contributed by atoms with Crippen LogP contribution in [0, 0.1) is 0 Å². The Balaban J connectivity index is 1.71. The number of hydrogen-bond acceptors (Lipinski definition) is 2. The third-order valence-electron chi connectivity index (χ3n) is 3.92. The molecule has 1 aromatic carbocycles. The highest BCUT2D eigenvalue weighted by atomic mass is 35.5. The van der Waals surface area contributed by atoms with E-state index in [2.05, 4.69) is 10.4 Å². The maximum absolute atomic E-state index is 13.0. The first-order valence-corrected chi connectivity index (χ1v) is 8.88. The Morgan fingerprint density at radius 3 is 2.50 bits per heavy atom. The van der Waals surface area contributed by atoms with Crippen molar-refractivity contribution < 1.29 is 18.0 Å². The molecule has 1 aromatic heterocycles. The highest BCUT2D eigenvalue weighted by molar-refractivity contribution is 6.42. The summed E-state index contributed by atoms with van der Waals surface area (Å²) in [7, 11) is 0. The molecule has 0 atom stereocenters. The SMILES string of the molecule is O=C(CCn1nc(C(F)(F)F)c(Cl)c1C1CC1)Nc1ccc(Cl)c(Cl)c1. The topological polar surface area (TPSA) is 46.9 Å². The highest BCUT2D eigenvalue weighted by Crippen LogP contribution is 2.46. The van der Waals surface area contributed by atoms with Crippen LogP contribution in [0.5, 0.6) is 0 Å². The van der Waals surface area contributed by atoms with Gasteiger partial charge in [0.1, 0.15) is 0 Å². The van der Waals surface area contributed by atoms with Crippen molar-refractivity contribution in [1.82, 2.24) is 9.78 Å². The maximum Gasteiger partial charge on any atom is 0.436 e. The van der Waals surface area contributed by atoms with E-state index in [1.807, 2.05) is 0 Å². The normalized spacial score (nSPS) is 14.5. The van der Waals surface area contributed by atoms with Gasteiger partial charge in [-0.25, -0.2) is 0 Å². The van der Waals surface area contributed by atoms with Crippen molar-refractivity contribution in [3.05, 3.63) is 44.7 Å². The summed E-state index contributed by atoms with van der Waals surface area (Å²) in [5, 5.41) is 6.47. The summed E-state index contributed by atoms with van der Waals surface area (Å²) in [4.78, 5) is 12.1. The first-order chi connectivity index (χ1) is 12.2. The summed E-state index contributed by atoms with van der Waals surface area (Å²) in [5.41, 5.74) is -0.311. The summed E-state index contributed by atoms with van der Waals surface area (Å²) in [6.07, 6.45) is -3.17. The Hall–Kier alpha value is -1.44. The van der Waals surface area contributed by atoms with E-state index in [1.54, 1.807) is 6.07 Å². The predicted octanol–water partition coefficient (Wildman–Crippen LogP) is 5.77. The van der Waals surface area contributed by atoms with Crippen molar-refractivity contribution >= 4 is 46.4 Å². The molecular formula is C16H13Cl3F3N3O. The van der Waals surface area contributed by atoms with Crippen LogP contribution in [0.15, 0.2) is 18.2 Å². The van der Waals surface area contributed by atoms with Gasteiger partial charge < -0.3 is 5.32 Å². The van der Waals surface area contributed by atoms with Crippen molar-refractivity contribution in [3.8, 4) is 0 Å². The molecule has 0 saturated heterocycles. The van der Waals surface area contributed by atoms with Crippen LogP contribution in [0.3, 0.4) is 0 Å². The fraction of sp³-hybridized carbons (Fsp3) is 0.375. The summed E-state index contributed by atoms with van der Waals surface area (Å²) >= 11 is 17.6. The van der Waals surface area contributed by atoms with E-state index in [0.717, 1.165) is 12.8 Å². The minimum atomic E-state index is -4.63. The molecule has 26 heavy (non-hydrogen) atoms. The van der Waals surface area contributed by atoms with Gasteiger partial charge in [-0.05, 0) is 31.0 Å². The van der Waals surface area contributed by atoms with Crippen LogP contribution >= 0.6 is 34.8 Å². The molecule has 140 valence electrons. The molecule has 0 radical (unpaired) electrons. The fourth-order valence-electron chi connectivity index (χ4n) is 2.56. The zero-order chi connectivity index (χ0) is 19.1. The number of nitrogens with one attached hydrogen (secondary N) is 1. The summed E-state index contributed by atoms with van der Waals surface area (Å²) in [5.74, 6) is -0.422. The Kier molecular flexibility index (Phi) is 5.42. The van der Waals surface area contributed by atoms with Gasteiger partial charge in [0.25, 0.3) is 0 Å². The van der Waals surface area contributed by atoms with Gasteiger partial charge in [-0.15, -0.1) is 0 Å². The number of aryl methyl sites for hydroxylation is 1. The lowest BCUT2D eigenvalue weighted by Crippen LogP contribution is -2.16. The van der Waals surface area contributed by atoms with E-state index in [-0.39, 0.29) is 34.8 Å². The zero-order valence-electron chi connectivity index (χ0n) is 13.2. The van der Waals surface area contributed by atoms with Gasteiger partial charge >= 0.3 is 6.18 Å². The number of nitrogens with zero attached hydrogens (tertiary/aromatic N) is 2. The lowest BCUT2D eigenvalue weighted by molar-refractivity contribution is -0.141. The summed E-state index contributed by atoms with van der Waals surface area (Å²) in [6.45, 7) is -0.00517. The number of carbonyl (C=O) groups excluding carboxylic acids is 1. The average Bonchev–Trinajstić information content (AvgIpc) is 3.31. The van der Waals surface area contributed by atoms with Gasteiger partial charge in [0.05, 0.1) is 27.3 Å². The van der Waals surface area contributed by atoms with E-state index < -0.39 is 11.9 Å². The van der Waals surface area contributed by atoms with Crippen LogP contribution < -0.4 is 5.32 Å². The molecule has 1 aliphatic rings. The van der Waals surface area contributed by atoms with E-state index in [4.69, 9.17) is 34.8 Å². The van der Waals surface area contributed by atoms with Gasteiger partial charge in [-0.3, -0.25) is 9.48 Å². The van der Waals surface area contributed by atoms with Crippen molar-refractivity contribution in [3.63, 3.8) is 0 Å². The van der Waals surface area contributed by atoms with Gasteiger partial charge in [-0.1, -0.05) is 34.8 Å². The van der Waals surface area contributed by atoms with Gasteiger partial charge in [-0.2, -0.15) is 18.3 Å². The number of benzene rings is 1. The first-order valence-electron chi connectivity index (χ1n) is 7.75. The lowest BCUT2D eigenvalue weighted by atomic mass is 10.2. The molecular weight excluding hydrogens is 414 g/mol. The molecule has 1 saturated carbocycles. The van der Waals surface area contributed by atoms with Crippen molar-refractivity contribution in [2.45, 2.75) is 37.9 Å². The van der Waals surface area contributed by atoms with Crippen molar-refractivity contribution in [2.24, 2.45) is 0 Å². The number of hydrogen-bond donors (Lipinski definition) is 1. The minimum Gasteiger partial charge on any atom is -0.326 e. The fourth-order valence-corrected chi connectivity index (χ4v) is 3.25. The second-order valence-corrected chi connectivity index (χ2v) is 7.16. The van der Waals surface area contributed by atoms with Gasteiger partial charge in [0.15, 0.2) is 5.69 Å². The lowest BCUT2D eigenvalue weighted by Gasteiger charge is -2.09. The highest BCUT2D eigenvalue weighted by Gasteiger charge is 2.41. The predicted molar refractivity (Wildman–Crippen MR) is 93.9 cm³/mol. The van der Waals surface area contributed by atoms with Crippen molar-refractivity contribution in [1.29, 1.82) is 0 Å². The molecule has 0 unspecified atom stereocenters. The van der Waals surface area contributed by atoms with Crippen LogP contribution in [0.4, 0.5) is 18.9 Å². The zero-order valence-corrected chi connectivity index (χ0v) is 15.5. The van der Waals surface area contributed by atoms with Crippen LogP contribution in [-0.4, -0.2) is 15.7 Å². The molecule has 1 aliphatic carbocycles. The van der Waals surface area contributed by atoms with E-state index in [1.165, 1.54) is 16.8 Å². The van der Waals surface area contributed by atoms with Crippen LogP contribution in [0.1, 0.15) is 36.6 Å². The molecule has 1 fully saturated rings. The smallest absolute Gasteiger partial charge is 0.326 e. The Morgan fingerprint density at radius 1 is 1.23 bits per heavy atom. The third-order valence-corrected chi connectivity index (χ3v) is 5.03. The second kappa shape index (κ2) is 7.29. The molecule has 1 N–H and O–H groups in total. The molecule has 0 spiro atoms. The quantitative estimate of drug-likeness (QED) is 0.660. The summed E-state index contributed by atoms with van der Waals surface area (Å²) < 4.78 is 40.3. The average molecular weight is 427 g/mol. The number of rotatable bonds is 5. The minimum absolute atomic E-state index is 0.00517. The number of aromatic nitrogens is 2. The molecule has 3 rings (SSSR count). The van der Waals surface area contributed by atoms with E-state index in [9.17, 15) is 18.0 Å². The van der Waals surface area contributed by atoms with Gasteiger partial charge in [0, 0.05) is 18.0 Å². The molecule has 0 aliphatic heterocycles. The Labute approximate surface area is 162 Å². The number of halogens is 6.